The van der Waals surface area contributed by atoms with Gasteiger partial charge in [0.1, 0.15) is 22.7 Å². The van der Waals surface area contributed by atoms with Gasteiger partial charge in [0.05, 0.1) is 5.39 Å². The lowest BCUT2D eigenvalue weighted by atomic mass is 10.0. The number of Topliss-reactive ketones (excluding diaryl/α,β-unsaturated/α-hetero) is 1. The lowest BCUT2D eigenvalue weighted by Crippen LogP contribution is -2.18. The minimum atomic E-state index is -0.912. The number of benzene rings is 1. The molecule has 94 valence electrons. The number of hydrogen-bond acceptors (Lipinski definition) is 4. The van der Waals surface area contributed by atoms with Gasteiger partial charge in [0.25, 0.3) is 0 Å². The quantitative estimate of drug-likeness (QED) is 0.656. The third-order valence-corrected chi connectivity index (χ3v) is 2.61. The number of ketones is 1. The molecule has 2 rings (SSSR count). The fourth-order valence-corrected chi connectivity index (χ4v) is 1.66. The van der Waals surface area contributed by atoms with Gasteiger partial charge in [-0.2, -0.15) is 0 Å². The summed E-state index contributed by atoms with van der Waals surface area (Å²) in [5, 5.41) is 9.94. The largest absolute Gasteiger partial charge is 0.506 e. The van der Waals surface area contributed by atoms with Crippen molar-refractivity contribution in [2.75, 3.05) is 0 Å². The van der Waals surface area contributed by atoms with E-state index in [9.17, 15) is 19.1 Å². The van der Waals surface area contributed by atoms with Gasteiger partial charge in [0.2, 0.25) is 0 Å². The molecule has 0 aliphatic heterocycles. The van der Waals surface area contributed by atoms with Crippen molar-refractivity contribution in [1.82, 2.24) is 0 Å². The molecule has 2 aromatic rings. The third kappa shape index (κ3) is 1.88. The zero-order valence-electron chi connectivity index (χ0n) is 9.86. The standard InChI is InChI=1S/C13H11FO4/c1-6(2)11(15)10-12(16)8-5-7(14)3-4-9(8)18-13(10)17/h3-6,16H,1-2H3. The Morgan fingerprint density at radius 3 is 2.67 bits per heavy atom. The van der Waals surface area contributed by atoms with Crippen molar-refractivity contribution in [3.8, 4) is 5.75 Å². The molecule has 18 heavy (non-hydrogen) atoms. The van der Waals surface area contributed by atoms with Crippen molar-refractivity contribution < 1.29 is 18.7 Å². The summed E-state index contributed by atoms with van der Waals surface area (Å²) in [4.78, 5) is 23.4. The van der Waals surface area contributed by atoms with E-state index in [1.54, 1.807) is 13.8 Å². The van der Waals surface area contributed by atoms with Gasteiger partial charge in [0.15, 0.2) is 5.78 Å². The Bertz CT molecular complexity index is 685. The van der Waals surface area contributed by atoms with Gasteiger partial charge in [-0.25, -0.2) is 9.18 Å². The summed E-state index contributed by atoms with van der Waals surface area (Å²) in [6.07, 6.45) is 0. The van der Waals surface area contributed by atoms with Gasteiger partial charge in [-0.1, -0.05) is 13.8 Å². The molecule has 4 nitrogen and oxygen atoms in total. The average Bonchev–Trinajstić information content (AvgIpc) is 2.30. The highest BCUT2D eigenvalue weighted by atomic mass is 19.1. The molecular formula is C13H11FO4. The summed E-state index contributed by atoms with van der Waals surface area (Å²) in [7, 11) is 0. The van der Waals surface area contributed by atoms with Crippen LogP contribution in [0.25, 0.3) is 11.0 Å². The van der Waals surface area contributed by atoms with Crippen LogP contribution >= 0.6 is 0 Å². The first-order valence-electron chi connectivity index (χ1n) is 5.41. The van der Waals surface area contributed by atoms with Crippen LogP contribution in [-0.2, 0) is 0 Å². The maximum absolute atomic E-state index is 13.1. The number of rotatable bonds is 2. The van der Waals surface area contributed by atoms with Crippen LogP contribution in [0.4, 0.5) is 4.39 Å². The zero-order valence-corrected chi connectivity index (χ0v) is 9.86. The highest BCUT2D eigenvalue weighted by Crippen LogP contribution is 2.28. The van der Waals surface area contributed by atoms with Crippen molar-refractivity contribution in [2.45, 2.75) is 13.8 Å². The van der Waals surface area contributed by atoms with E-state index in [-0.39, 0.29) is 11.0 Å². The van der Waals surface area contributed by atoms with Crippen LogP contribution in [0.1, 0.15) is 24.2 Å². The summed E-state index contributed by atoms with van der Waals surface area (Å²) in [5.41, 5.74) is -1.30. The molecule has 0 aliphatic rings. The normalized spacial score (nSPS) is 11.1. The molecule has 0 aliphatic carbocycles. The van der Waals surface area contributed by atoms with Crippen molar-refractivity contribution in [3.63, 3.8) is 0 Å². The van der Waals surface area contributed by atoms with Gasteiger partial charge in [-0.3, -0.25) is 4.79 Å². The number of halogens is 1. The van der Waals surface area contributed by atoms with Gasteiger partial charge in [-0.05, 0) is 18.2 Å². The molecule has 1 aromatic heterocycles. The highest BCUT2D eigenvalue weighted by Gasteiger charge is 2.23. The molecule has 1 heterocycles. The molecule has 0 amide bonds. The molecule has 0 fully saturated rings. The monoisotopic (exact) mass is 250 g/mol. The average molecular weight is 250 g/mol. The summed E-state index contributed by atoms with van der Waals surface area (Å²) in [6.45, 7) is 3.19. The van der Waals surface area contributed by atoms with E-state index < -0.39 is 34.5 Å². The minimum absolute atomic E-state index is 0.0126. The zero-order chi connectivity index (χ0) is 13.4. The number of fused-ring (bicyclic) bond motifs is 1. The van der Waals surface area contributed by atoms with Crippen LogP contribution in [0, 0.1) is 11.7 Å². The van der Waals surface area contributed by atoms with E-state index in [2.05, 4.69) is 0 Å². The molecule has 0 bridgehead atoms. The lowest BCUT2D eigenvalue weighted by Gasteiger charge is -2.07. The van der Waals surface area contributed by atoms with Crippen molar-refractivity contribution in [1.29, 1.82) is 0 Å². The predicted molar refractivity (Wildman–Crippen MR) is 63.3 cm³/mol. The first-order valence-corrected chi connectivity index (χ1v) is 5.41. The molecule has 0 spiro atoms. The maximum Gasteiger partial charge on any atom is 0.351 e. The number of aromatic hydroxyl groups is 1. The third-order valence-electron chi connectivity index (χ3n) is 2.61. The first-order chi connectivity index (χ1) is 8.41. The van der Waals surface area contributed by atoms with E-state index in [0.29, 0.717) is 0 Å². The summed E-state index contributed by atoms with van der Waals surface area (Å²) < 4.78 is 18.0. The Morgan fingerprint density at radius 2 is 2.06 bits per heavy atom. The Kier molecular flexibility index (Phi) is 2.90. The first kappa shape index (κ1) is 12.3. The second-order valence-corrected chi connectivity index (χ2v) is 4.27. The summed E-state index contributed by atoms with van der Waals surface area (Å²) >= 11 is 0. The molecule has 5 heteroatoms. The minimum Gasteiger partial charge on any atom is -0.506 e. The number of hydrogen-bond donors (Lipinski definition) is 1. The molecule has 1 N–H and O–H groups in total. The Balaban J connectivity index is 2.83. The predicted octanol–water partition coefficient (Wildman–Crippen LogP) is 2.48. The maximum atomic E-state index is 13.1. The fraction of sp³-hybridized carbons (Fsp3) is 0.231. The van der Waals surface area contributed by atoms with Crippen LogP contribution in [0.3, 0.4) is 0 Å². The topological polar surface area (TPSA) is 67.5 Å². The highest BCUT2D eigenvalue weighted by molar-refractivity contribution is 6.03. The van der Waals surface area contributed by atoms with Crippen molar-refractivity contribution in [2.24, 2.45) is 5.92 Å². The Morgan fingerprint density at radius 1 is 1.39 bits per heavy atom. The fourth-order valence-electron chi connectivity index (χ4n) is 1.66. The van der Waals surface area contributed by atoms with E-state index in [4.69, 9.17) is 4.42 Å². The molecule has 0 unspecified atom stereocenters. The SMILES string of the molecule is CC(C)C(=O)c1c(O)c2cc(F)ccc2oc1=O. The van der Waals surface area contributed by atoms with Crippen molar-refractivity contribution >= 4 is 16.8 Å². The van der Waals surface area contributed by atoms with Crippen LogP contribution in [0.15, 0.2) is 27.4 Å². The van der Waals surface area contributed by atoms with E-state index >= 15 is 0 Å². The van der Waals surface area contributed by atoms with E-state index in [1.165, 1.54) is 6.07 Å². The van der Waals surface area contributed by atoms with E-state index in [0.717, 1.165) is 12.1 Å². The molecule has 1 aromatic carbocycles. The van der Waals surface area contributed by atoms with Gasteiger partial charge < -0.3 is 9.52 Å². The smallest absolute Gasteiger partial charge is 0.351 e. The van der Waals surface area contributed by atoms with Gasteiger partial charge >= 0.3 is 5.63 Å². The Labute approximate surface area is 102 Å². The molecule has 0 saturated heterocycles. The van der Waals surface area contributed by atoms with E-state index in [1.807, 2.05) is 0 Å². The van der Waals surface area contributed by atoms with Gasteiger partial charge in [0, 0.05) is 5.92 Å². The van der Waals surface area contributed by atoms with Crippen LogP contribution in [0.5, 0.6) is 5.75 Å². The van der Waals surface area contributed by atoms with Crippen LogP contribution in [-0.4, -0.2) is 10.9 Å². The summed E-state index contributed by atoms with van der Waals surface area (Å²) in [6, 6.07) is 3.36. The second-order valence-electron chi connectivity index (χ2n) is 4.27. The van der Waals surface area contributed by atoms with Crippen LogP contribution in [0.2, 0.25) is 0 Å². The Hall–Kier alpha value is -2.17. The number of carbonyl (C=O) groups is 1. The van der Waals surface area contributed by atoms with Gasteiger partial charge in [-0.15, -0.1) is 0 Å². The molecular weight excluding hydrogens is 239 g/mol. The molecule has 0 atom stereocenters. The molecule has 0 radical (unpaired) electrons. The van der Waals surface area contributed by atoms with Crippen LogP contribution < -0.4 is 5.63 Å². The second kappa shape index (κ2) is 4.25. The summed E-state index contributed by atoms with van der Waals surface area (Å²) in [5.74, 6) is -2.12. The lowest BCUT2D eigenvalue weighted by molar-refractivity contribution is 0.0933. The number of carbonyl (C=O) groups excluding carboxylic acids is 1. The molecule has 0 saturated carbocycles. The van der Waals surface area contributed by atoms with Crippen molar-refractivity contribution in [3.05, 3.63) is 40.0 Å².